The highest BCUT2D eigenvalue weighted by atomic mass is 35.5. The number of nitrogens with zero attached hydrogens (tertiary/aromatic N) is 3. The second-order valence-electron chi connectivity index (χ2n) is 5.25. The number of nitrogens with one attached hydrogen (secondary N) is 1. The first kappa shape index (κ1) is 15.2. The number of hydrogen-bond acceptors (Lipinski definition) is 3. The Morgan fingerprint density at radius 3 is 2.43 bits per heavy atom. The fraction of sp³-hybridized carbons (Fsp3) is 0.118. The Balaban J connectivity index is 2.02. The van der Waals surface area contributed by atoms with Crippen LogP contribution < -0.4 is 5.32 Å². The summed E-state index contributed by atoms with van der Waals surface area (Å²) in [4.78, 5) is 13.0. The van der Waals surface area contributed by atoms with Crippen LogP contribution in [0.4, 0.5) is 5.69 Å². The van der Waals surface area contributed by atoms with Crippen LogP contribution in [0.25, 0.3) is 0 Å². The first-order valence-electron chi connectivity index (χ1n) is 7.10. The van der Waals surface area contributed by atoms with Gasteiger partial charge in [-0.1, -0.05) is 47.1 Å². The molecule has 0 saturated heterocycles. The summed E-state index contributed by atoms with van der Waals surface area (Å²) >= 11 is 5.96. The van der Waals surface area contributed by atoms with Crippen molar-refractivity contribution in [2.24, 2.45) is 0 Å². The molecule has 6 heteroatoms. The van der Waals surface area contributed by atoms with Crippen LogP contribution in [0, 0.1) is 0 Å². The van der Waals surface area contributed by atoms with Crippen LogP contribution in [0.5, 0.6) is 0 Å². The summed E-state index contributed by atoms with van der Waals surface area (Å²) in [6.45, 7) is 1.79. The number of rotatable bonds is 4. The maximum Gasteiger partial charge on any atom is 0.256 e. The van der Waals surface area contributed by atoms with Gasteiger partial charge < -0.3 is 5.32 Å². The van der Waals surface area contributed by atoms with Crippen molar-refractivity contribution in [3.05, 3.63) is 77.6 Å². The highest BCUT2D eigenvalue weighted by molar-refractivity contribution is 6.30. The summed E-state index contributed by atoms with van der Waals surface area (Å²) in [5.41, 5.74) is 0.440. The lowest BCUT2D eigenvalue weighted by atomic mass is 9.91. The van der Waals surface area contributed by atoms with Crippen molar-refractivity contribution in [1.82, 2.24) is 15.0 Å². The molecule has 3 rings (SSSR count). The molecule has 23 heavy (non-hydrogen) atoms. The predicted molar refractivity (Wildman–Crippen MR) is 89.3 cm³/mol. The first-order chi connectivity index (χ1) is 11.1. The van der Waals surface area contributed by atoms with Crippen molar-refractivity contribution < 1.29 is 4.79 Å². The minimum Gasteiger partial charge on any atom is -0.324 e. The van der Waals surface area contributed by atoms with Crippen molar-refractivity contribution in [3.63, 3.8) is 0 Å². The smallest absolute Gasteiger partial charge is 0.256 e. The molecule has 0 spiro atoms. The molecular weight excluding hydrogens is 312 g/mol. The molecule has 0 radical (unpaired) electrons. The largest absolute Gasteiger partial charge is 0.324 e. The molecule has 0 aliphatic heterocycles. The van der Waals surface area contributed by atoms with Crippen molar-refractivity contribution in [3.8, 4) is 0 Å². The maximum atomic E-state index is 13.0. The van der Waals surface area contributed by atoms with E-state index in [0.29, 0.717) is 5.02 Å². The zero-order valence-electron chi connectivity index (χ0n) is 12.5. The molecule has 3 aromatic rings. The number of carbonyl (C=O) groups excluding carboxylic acids is 1. The Kier molecular flexibility index (Phi) is 4.12. The van der Waals surface area contributed by atoms with Gasteiger partial charge in [0.25, 0.3) is 5.91 Å². The molecule has 1 amide bonds. The SMILES string of the molecule is CC(C(=O)Nc1ccccc1)(c1ccc(Cl)cc1)n1ccnn1. The number of carbonyl (C=O) groups is 1. The van der Waals surface area contributed by atoms with E-state index in [4.69, 9.17) is 11.6 Å². The van der Waals surface area contributed by atoms with Gasteiger partial charge in [0.1, 0.15) is 0 Å². The van der Waals surface area contributed by atoms with E-state index in [-0.39, 0.29) is 5.91 Å². The second-order valence-corrected chi connectivity index (χ2v) is 5.68. The molecular formula is C17H15ClN4O. The van der Waals surface area contributed by atoms with E-state index in [0.717, 1.165) is 11.3 Å². The maximum absolute atomic E-state index is 13.0. The van der Waals surface area contributed by atoms with Crippen LogP contribution in [-0.4, -0.2) is 20.9 Å². The Hall–Kier alpha value is -2.66. The molecule has 1 atom stereocenters. The Morgan fingerprint density at radius 2 is 1.83 bits per heavy atom. The van der Waals surface area contributed by atoms with Crippen LogP contribution in [0.15, 0.2) is 67.0 Å². The van der Waals surface area contributed by atoms with Crippen LogP contribution in [0.1, 0.15) is 12.5 Å². The van der Waals surface area contributed by atoms with E-state index in [1.54, 1.807) is 31.5 Å². The van der Waals surface area contributed by atoms with Crippen molar-refractivity contribution in [2.75, 3.05) is 5.32 Å². The van der Waals surface area contributed by atoms with Gasteiger partial charge in [-0.3, -0.25) is 4.79 Å². The van der Waals surface area contributed by atoms with E-state index in [2.05, 4.69) is 15.6 Å². The summed E-state index contributed by atoms with van der Waals surface area (Å²) in [7, 11) is 0. The first-order valence-corrected chi connectivity index (χ1v) is 7.48. The number of aromatic nitrogens is 3. The van der Waals surface area contributed by atoms with Gasteiger partial charge in [0.15, 0.2) is 5.54 Å². The second kappa shape index (κ2) is 6.22. The fourth-order valence-electron chi connectivity index (χ4n) is 2.36. The molecule has 0 aliphatic rings. The third-order valence-corrected chi connectivity index (χ3v) is 4.01. The molecule has 1 heterocycles. The summed E-state index contributed by atoms with van der Waals surface area (Å²) in [6, 6.07) is 16.4. The fourth-order valence-corrected chi connectivity index (χ4v) is 2.49. The average molecular weight is 327 g/mol. The number of amides is 1. The summed E-state index contributed by atoms with van der Waals surface area (Å²) in [5.74, 6) is -0.212. The Morgan fingerprint density at radius 1 is 1.13 bits per heavy atom. The number of para-hydroxylation sites is 1. The third kappa shape index (κ3) is 2.96. The molecule has 2 aromatic carbocycles. The van der Waals surface area contributed by atoms with Crippen LogP contribution in [0.3, 0.4) is 0 Å². The molecule has 0 bridgehead atoms. The zero-order chi connectivity index (χ0) is 16.3. The van der Waals surface area contributed by atoms with Gasteiger partial charge in [0.05, 0.1) is 6.20 Å². The van der Waals surface area contributed by atoms with E-state index in [1.807, 2.05) is 42.5 Å². The van der Waals surface area contributed by atoms with E-state index < -0.39 is 5.54 Å². The van der Waals surface area contributed by atoms with Crippen molar-refractivity contribution >= 4 is 23.2 Å². The minimum atomic E-state index is -1.04. The van der Waals surface area contributed by atoms with Gasteiger partial charge in [-0.2, -0.15) is 0 Å². The lowest BCUT2D eigenvalue weighted by molar-refractivity contribution is -0.122. The number of halogens is 1. The van der Waals surface area contributed by atoms with Gasteiger partial charge in [0, 0.05) is 16.9 Å². The number of benzene rings is 2. The molecule has 1 N–H and O–H groups in total. The quantitative estimate of drug-likeness (QED) is 0.800. The molecule has 1 unspecified atom stereocenters. The number of anilines is 1. The van der Waals surface area contributed by atoms with Gasteiger partial charge in [-0.05, 0) is 36.8 Å². The molecule has 0 aliphatic carbocycles. The van der Waals surface area contributed by atoms with Crippen molar-refractivity contribution in [1.29, 1.82) is 0 Å². The summed E-state index contributed by atoms with van der Waals surface area (Å²) in [5, 5.41) is 11.4. The van der Waals surface area contributed by atoms with E-state index in [1.165, 1.54) is 4.68 Å². The topological polar surface area (TPSA) is 59.8 Å². The Labute approximate surface area is 138 Å². The molecule has 5 nitrogen and oxygen atoms in total. The lowest BCUT2D eigenvalue weighted by Gasteiger charge is -2.29. The van der Waals surface area contributed by atoms with Gasteiger partial charge in [-0.25, -0.2) is 4.68 Å². The van der Waals surface area contributed by atoms with E-state index in [9.17, 15) is 4.79 Å². The van der Waals surface area contributed by atoms with Crippen LogP contribution in [0.2, 0.25) is 5.02 Å². The van der Waals surface area contributed by atoms with Gasteiger partial charge in [-0.15, -0.1) is 5.10 Å². The normalized spacial score (nSPS) is 13.3. The van der Waals surface area contributed by atoms with E-state index >= 15 is 0 Å². The van der Waals surface area contributed by atoms with Crippen LogP contribution in [-0.2, 0) is 10.3 Å². The van der Waals surface area contributed by atoms with Crippen LogP contribution >= 0.6 is 11.6 Å². The van der Waals surface area contributed by atoms with Gasteiger partial charge in [0.2, 0.25) is 0 Å². The molecule has 0 fully saturated rings. The number of hydrogen-bond donors (Lipinski definition) is 1. The summed E-state index contributed by atoms with van der Waals surface area (Å²) < 4.78 is 1.54. The average Bonchev–Trinajstić information content (AvgIpc) is 3.10. The van der Waals surface area contributed by atoms with Crippen molar-refractivity contribution in [2.45, 2.75) is 12.5 Å². The predicted octanol–water partition coefficient (Wildman–Crippen LogP) is 3.33. The third-order valence-electron chi connectivity index (χ3n) is 3.76. The van der Waals surface area contributed by atoms with Gasteiger partial charge >= 0.3 is 0 Å². The minimum absolute atomic E-state index is 0.212. The zero-order valence-corrected chi connectivity index (χ0v) is 13.2. The lowest BCUT2D eigenvalue weighted by Crippen LogP contribution is -2.44. The highest BCUT2D eigenvalue weighted by Gasteiger charge is 2.38. The molecule has 116 valence electrons. The monoisotopic (exact) mass is 326 g/mol. The standard InChI is InChI=1S/C17H15ClN4O/c1-17(22-12-11-19-21-22,13-7-9-14(18)10-8-13)16(23)20-15-5-3-2-4-6-15/h2-12H,1H3,(H,20,23). The molecule has 1 aromatic heterocycles. The highest BCUT2D eigenvalue weighted by Crippen LogP contribution is 2.28. The Bertz CT molecular complexity index is 787. The molecule has 0 saturated carbocycles. The summed E-state index contributed by atoms with van der Waals surface area (Å²) in [6.07, 6.45) is 3.21.